The van der Waals surface area contributed by atoms with Crippen LogP contribution in [0.1, 0.15) is 0 Å². The lowest BCUT2D eigenvalue weighted by Gasteiger charge is -2.16. The van der Waals surface area contributed by atoms with Gasteiger partial charge in [0.2, 0.25) is 10.0 Å². The number of ether oxygens (including phenoxy) is 2. The Morgan fingerprint density at radius 2 is 1.77 bits per heavy atom. The third-order valence-electron chi connectivity index (χ3n) is 3.62. The molecule has 0 saturated carbocycles. The van der Waals surface area contributed by atoms with Gasteiger partial charge in [0.05, 0.1) is 10.6 Å². The van der Waals surface area contributed by atoms with Crippen molar-refractivity contribution in [2.45, 2.75) is 11.5 Å². The fraction of sp³-hybridized carbons (Fsp3) is 0.222. The molecule has 0 aliphatic carbocycles. The molecule has 12 heteroatoms. The number of halogens is 3. The molecule has 0 aliphatic heterocycles. The molecule has 1 amide bonds. The van der Waals surface area contributed by atoms with Crippen LogP contribution >= 0.6 is 11.6 Å². The van der Waals surface area contributed by atoms with Crippen molar-refractivity contribution in [1.82, 2.24) is 4.31 Å². The molecule has 2 aromatic rings. The molecular formula is C18H17ClF2N2O6S. The Morgan fingerprint density at radius 3 is 2.40 bits per heavy atom. The van der Waals surface area contributed by atoms with Gasteiger partial charge in [-0.2, -0.15) is 13.1 Å². The molecule has 2 aromatic carbocycles. The van der Waals surface area contributed by atoms with Gasteiger partial charge in [-0.05, 0) is 36.4 Å². The van der Waals surface area contributed by atoms with E-state index in [1.807, 2.05) is 0 Å². The van der Waals surface area contributed by atoms with Crippen molar-refractivity contribution in [3.05, 3.63) is 53.6 Å². The van der Waals surface area contributed by atoms with E-state index >= 15 is 0 Å². The molecule has 0 spiro atoms. The van der Waals surface area contributed by atoms with Crippen molar-refractivity contribution >= 4 is 39.2 Å². The highest BCUT2D eigenvalue weighted by atomic mass is 35.5. The zero-order chi connectivity index (χ0) is 22.3. The fourth-order valence-electron chi connectivity index (χ4n) is 2.20. The molecule has 162 valence electrons. The van der Waals surface area contributed by atoms with Gasteiger partial charge >= 0.3 is 12.6 Å². The van der Waals surface area contributed by atoms with Crippen LogP contribution in [0, 0.1) is 0 Å². The average molecular weight is 463 g/mol. The van der Waals surface area contributed by atoms with Crippen molar-refractivity contribution in [3.63, 3.8) is 0 Å². The minimum atomic E-state index is -3.97. The predicted molar refractivity (Wildman–Crippen MR) is 104 cm³/mol. The molecule has 2 rings (SSSR count). The lowest BCUT2D eigenvalue weighted by molar-refractivity contribution is -0.147. The van der Waals surface area contributed by atoms with Crippen LogP contribution in [0.15, 0.2) is 53.4 Å². The summed E-state index contributed by atoms with van der Waals surface area (Å²) in [6, 6.07) is 10.8. The number of nitrogens with one attached hydrogen (secondary N) is 1. The summed E-state index contributed by atoms with van der Waals surface area (Å²) < 4.78 is 59.4. The molecule has 0 bridgehead atoms. The van der Waals surface area contributed by atoms with Gasteiger partial charge in [-0.3, -0.25) is 9.59 Å². The first kappa shape index (κ1) is 23.5. The SMILES string of the molecule is CN(CC(=O)OCC(=O)Nc1ccccc1OC(F)F)S(=O)(=O)c1ccc(Cl)cc1. The van der Waals surface area contributed by atoms with E-state index in [9.17, 15) is 26.8 Å². The monoisotopic (exact) mass is 462 g/mol. The molecule has 30 heavy (non-hydrogen) atoms. The summed E-state index contributed by atoms with van der Waals surface area (Å²) in [4.78, 5) is 23.7. The maximum atomic E-state index is 12.4. The second-order valence-electron chi connectivity index (χ2n) is 5.80. The molecule has 0 heterocycles. The first-order valence-corrected chi connectivity index (χ1v) is 10.1. The molecule has 0 radical (unpaired) electrons. The number of nitrogens with zero attached hydrogens (tertiary/aromatic N) is 1. The third-order valence-corrected chi connectivity index (χ3v) is 5.68. The fourth-order valence-corrected chi connectivity index (χ4v) is 3.44. The van der Waals surface area contributed by atoms with Crippen molar-refractivity contribution < 1.29 is 36.3 Å². The molecule has 0 atom stereocenters. The highest BCUT2D eigenvalue weighted by Crippen LogP contribution is 2.25. The van der Waals surface area contributed by atoms with E-state index in [-0.39, 0.29) is 16.3 Å². The van der Waals surface area contributed by atoms with Crippen LogP contribution in [0.5, 0.6) is 5.75 Å². The van der Waals surface area contributed by atoms with Crippen LogP contribution in [0.4, 0.5) is 14.5 Å². The van der Waals surface area contributed by atoms with E-state index < -0.39 is 41.7 Å². The Hall–Kier alpha value is -2.76. The number of hydrogen-bond acceptors (Lipinski definition) is 6. The molecule has 0 fully saturated rings. The number of benzene rings is 2. The van der Waals surface area contributed by atoms with Gasteiger partial charge in [-0.1, -0.05) is 23.7 Å². The quantitative estimate of drug-likeness (QED) is 0.575. The van der Waals surface area contributed by atoms with Gasteiger partial charge in [-0.15, -0.1) is 0 Å². The zero-order valence-electron chi connectivity index (χ0n) is 15.5. The van der Waals surface area contributed by atoms with Gasteiger partial charge in [0.1, 0.15) is 12.3 Å². The Kier molecular flexibility index (Phi) is 8.09. The van der Waals surface area contributed by atoms with Crippen LogP contribution < -0.4 is 10.1 Å². The summed E-state index contributed by atoms with van der Waals surface area (Å²) in [7, 11) is -2.80. The molecular weight excluding hydrogens is 446 g/mol. The summed E-state index contributed by atoms with van der Waals surface area (Å²) in [6.45, 7) is -4.49. The summed E-state index contributed by atoms with van der Waals surface area (Å²) in [5, 5.41) is 2.62. The van der Waals surface area contributed by atoms with E-state index in [4.69, 9.17) is 16.3 Å². The lowest BCUT2D eigenvalue weighted by Crippen LogP contribution is -2.34. The number of amides is 1. The number of carbonyl (C=O) groups is 2. The number of esters is 1. The van der Waals surface area contributed by atoms with Gasteiger partial charge in [-0.25, -0.2) is 8.42 Å². The number of rotatable bonds is 9. The topological polar surface area (TPSA) is 102 Å². The van der Waals surface area contributed by atoms with E-state index in [1.165, 1.54) is 55.6 Å². The molecule has 0 unspecified atom stereocenters. The number of carbonyl (C=O) groups excluding carboxylic acids is 2. The summed E-state index contributed by atoms with van der Waals surface area (Å²) >= 11 is 5.72. The van der Waals surface area contributed by atoms with Crippen LogP contribution in [0.2, 0.25) is 5.02 Å². The second-order valence-corrected chi connectivity index (χ2v) is 8.28. The van der Waals surface area contributed by atoms with Gasteiger partial charge < -0.3 is 14.8 Å². The van der Waals surface area contributed by atoms with Crippen LogP contribution in [-0.2, 0) is 24.3 Å². The van der Waals surface area contributed by atoms with Crippen LogP contribution in [0.3, 0.4) is 0 Å². The van der Waals surface area contributed by atoms with E-state index in [2.05, 4.69) is 10.1 Å². The predicted octanol–water partition coefficient (Wildman–Crippen LogP) is 2.74. The van der Waals surface area contributed by atoms with Crippen molar-refractivity contribution in [1.29, 1.82) is 0 Å². The van der Waals surface area contributed by atoms with E-state index in [0.717, 1.165) is 4.31 Å². The normalized spacial score (nSPS) is 11.4. The second kappa shape index (κ2) is 10.3. The number of para-hydroxylation sites is 2. The standard InChI is InChI=1S/C18H17ClF2N2O6S/c1-23(30(26,27)13-8-6-12(19)7-9-13)10-17(25)28-11-16(24)22-14-4-2-3-5-15(14)29-18(20)21/h2-9,18H,10-11H2,1H3,(H,22,24). The highest BCUT2D eigenvalue weighted by molar-refractivity contribution is 7.89. The Bertz CT molecular complexity index is 1000. The minimum Gasteiger partial charge on any atom is -0.455 e. The summed E-state index contributed by atoms with van der Waals surface area (Å²) in [6.07, 6.45) is 0. The van der Waals surface area contributed by atoms with Gasteiger partial charge in [0.15, 0.2) is 6.61 Å². The Morgan fingerprint density at radius 1 is 1.13 bits per heavy atom. The van der Waals surface area contributed by atoms with E-state index in [0.29, 0.717) is 5.02 Å². The third kappa shape index (κ3) is 6.65. The van der Waals surface area contributed by atoms with Crippen LogP contribution in [0.25, 0.3) is 0 Å². The Labute approximate surface area is 176 Å². The smallest absolute Gasteiger partial charge is 0.387 e. The first-order chi connectivity index (χ1) is 14.1. The van der Waals surface area contributed by atoms with Crippen molar-refractivity contribution in [2.24, 2.45) is 0 Å². The largest absolute Gasteiger partial charge is 0.455 e. The van der Waals surface area contributed by atoms with Crippen LogP contribution in [-0.4, -0.2) is 51.4 Å². The maximum Gasteiger partial charge on any atom is 0.387 e. The van der Waals surface area contributed by atoms with Crippen molar-refractivity contribution in [3.8, 4) is 5.75 Å². The molecule has 1 N–H and O–H groups in total. The zero-order valence-corrected chi connectivity index (χ0v) is 17.1. The van der Waals surface area contributed by atoms with Crippen molar-refractivity contribution in [2.75, 3.05) is 25.5 Å². The number of likely N-dealkylation sites (N-methyl/N-ethyl adjacent to an activating group) is 1. The average Bonchev–Trinajstić information content (AvgIpc) is 2.68. The molecule has 0 aliphatic rings. The summed E-state index contributed by atoms with van der Waals surface area (Å²) in [5.41, 5.74) is -0.0405. The van der Waals surface area contributed by atoms with Gasteiger partial charge in [0.25, 0.3) is 5.91 Å². The summed E-state index contributed by atoms with van der Waals surface area (Å²) in [5.74, 6) is -2.07. The number of anilines is 1. The van der Waals surface area contributed by atoms with Gasteiger partial charge in [0, 0.05) is 12.1 Å². The highest BCUT2D eigenvalue weighted by Gasteiger charge is 2.24. The van der Waals surface area contributed by atoms with E-state index in [1.54, 1.807) is 0 Å². The Balaban J connectivity index is 1.90. The lowest BCUT2D eigenvalue weighted by atomic mass is 10.3. The number of hydrogen-bond donors (Lipinski definition) is 1. The molecule has 8 nitrogen and oxygen atoms in total. The number of alkyl halides is 2. The molecule has 0 saturated heterocycles. The molecule has 0 aromatic heterocycles. The first-order valence-electron chi connectivity index (χ1n) is 8.31. The maximum absolute atomic E-state index is 12.4. The number of sulfonamides is 1. The minimum absolute atomic E-state index is 0.0405.